The van der Waals surface area contributed by atoms with Crippen molar-refractivity contribution in [2.24, 2.45) is 0 Å². The Balaban J connectivity index is 2.20. The Kier molecular flexibility index (Phi) is 5.41. The van der Waals surface area contributed by atoms with Crippen molar-refractivity contribution < 1.29 is 9.84 Å². The second-order valence-electron chi connectivity index (χ2n) is 4.40. The van der Waals surface area contributed by atoms with Gasteiger partial charge in [-0.3, -0.25) is 0 Å². The molecule has 0 saturated heterocycles. The van der Waals surface area contributed by atoms with Gasteiger partial charge in [0.2, 0.25) is 0 Å². The van der Waals surface area contributed by atoms with E-state index in [2.05, 4.69) is 5.32 Å². The molecule has 0 unspecified atom stereocenters. The molecule has 0 radical (unpaired) electrons. The van der Waals surface area contributed by atoms with E-state index in [1.54, 1.807) is 0 Å². The van der Waals surface area contributed by atoms with Crippen molar-refractivity contribution in [1.29, 1.82) is 0 Å². The van der Waals surface area contributed by atoms with Crippen molar-refractivity contribution in [2.45, 2.75) is 20.1 Å². The maximum atomic E-state index is 9.03. The highest BCUT2D eigenvalue weighted by atomic mass is 35.5. The van der Waals surface area contributed by atoms with E-state index in [9.17, 15) is 0 Å². The van der Waals surface area contributed by atoms with Crippen LogP contribution in [-0.2, 0) is 13.2 Å². The van der Waals surface area contributed by atoms with Crippen LogP contribution in [0.25, 0.3) is 0 Å². The van der Waals surface area contributed by atoms with Crippen molar-refractivity contribution >= 4 is 11.6 Å². The van der Waals surface area contributed by atoms with E-state index in [-0.39, 0.29) is 6.61 Å². The summed E-state index contributed by atoms with van der Waals surface area (Å²) in [6, 6.07) is 13.0. The van der Waals surface area contributed by atoms with Crippen LogP contribution >= 0.6 is 11.6 Å². The minimum absolute atomic E-state index is 0.0309. The third-order valence-corrected chi connectivity index (χ3v) is 3.32. The molecule has 0 aliphatic rings. The third kappa shape index (κ3) is 3.73. The number of aliphatic hydroxyl groups is 1. The van der Waals surface area contributed by atoms with E-state index in [1.165, 1.54) is 0 Å². The van der Waals surface area contributed by atoms with Crippen molar-refractivity contribution in [3.05, 3.63) is 58.6 Å². The Morgan fingerprint density at radius 2 is 1.90 bits per heavy atom. The molecule has 20 heavy (non-hydrogen) atoms. The molecule has 2 N–H and O–H groups in total. The van der Waals surface area contributed by atoms with Crippen LogP contribution in [0.4, 0.5) is 0 Å². The molecule has 0 aliphatic carbocycles. The highest BCUT2D eigenvalue weighted by molar-refractivity contribution is 6.31. The van der Waals surface area contributed by atoms with Crippen LogP contribution in [0, 0.1) is 0 Å². The molecule has 2 rings (SSSR count). The fourth-order valence-corrected chi connectivity index (χ4v) is 2.08. The Hall–Kier alpha value is -1.55. The second-order valence-corrected chi connectivity index (χ2v) is 4.81. The minimum atomic E-state index is 0.0309. The third-order valence-electron chi connectivity index (χ3n) is 2.96. The summed E-state index contributed by atoms with van der Waals surface area (Å²) in [4.78, 5) is 0. The summed E-state index contributed by atoms with van der Waals surface area (Å²) in [7, 11) is 0. The van der Waals surface area contributed by atoms with E-state index in [4.69, 9.17) is 21.4 Å². The summed E-state index contributed by atoms with van der Waals surface area (Å²) in [6.07, 6.45) is 0. The molecule has 0 heterocycles. The van der Waals surface area contributed by atoms with Gasteiger partial charge < -0.3 is 15.2 Å². The second kappa shape index (κ2) is 7.29. The van der Waals surface area contributed by atoms with Crippen LogP contribution in [0.1, 0.15) is 18.1 Å². The average molecular weight is 292 g/mol. The van der Waals surface area contributed by atoms with Crippen LogP contribution in [0.2, 0.25) is 5.02 Å². The highest BCUT2D eigenvalue weighted by Gasteiger charge is 2.08. The Morgan fingerprint density at radius 1 is 1.15 bits per heavy atom. The molecule has 0 aliphatic heterocycles. The van der Waals surface area contributed by atoms with E-state index in [0.717, 1.165) is 29.2 Å². The van der Waals surface area contributed by atoms with Crippen LogP contribution < -0.4 is 10.1 Å². The minimum Gasteiger partial charge on any atom is -0.457 e. The summed E-state index contributed by atoms with van der Waals surface area (Å²) in [6.45, 7) is 3.62. The molecular weight excluding hydrogens is 274 g/mol. The predicted octanol–water partition coefficient (Wildman–Crippen LogP) is 3.73. The van der Waals surface area contributed by atoms with Gasteiger partial charge in [0, 0.05) is 17.1 Å². The summed E-state index contributed by atoms with van der Waals surface area (Å²) in [5.74, 6) is 1.47. The van der Waals surface area contributed by atoms with E-state index in [1.807, 2.05) is 49.4 Å². The summed E-state index contributed by atoms with van der Waals surface area (Å²) < 4.78 is 5.88. The fourth-order valence-electron chi connectivity index (χ4n) is 1.85. The number of ether oxygens (including phenoxy) is 1. The van der Waals surface area contributed by atoms with Crippen LogP contribution in [-0.4, -0.2) is 11.7 Å². The van der Waals surface area contributed by atoms with Crippen LogP contribution in [0.3, 0.4) is 0 Å². The Bertz CT molecular complexity index is 555. The van der Waals surface area contributed by atoms with E-state index < -0.39 is 0 Å². The van der Waals surface area contributed by atoms with E-state index in [0.29, 0.717) is 11.6 Å². The van der Waals surface area contributed by atoms with Gasteiger partial charge in [-0.2, -0.15) is 0 Å². The van der Waals surface area contributed by atoms with Gasteiger partial charge in [-0.1, -0.05) is 36.7 Å². The molecule has 0 saturated carbocycles. The molecule has 0 bridgehead atoms. The Labute approximate surface area is 124 Å². The van der Waals surface area contributed by atoms with Gasteiger partial charge in [0.05, 0.1) is 6.61 Å². The number of benzene rings is 2. The maximum absolute atomic E-state index is 9.03. The fraction of sp³-hybridized carbons (Fsp3) is 0.250. The van der Waals surface area contributed by atoms with Crippen molar-refractivity contribution in [1.82, 2.24) is 5.32 Å². The molecular formula is C16H18ClNO2. The number of hydrogen-bond acceptors (Lipinski definition) is 3. The normalized spacial score (nSPS) is 10.6. The van der Waals surface area contributed by atoms with Gasteiger partial charge in [-0.15, -0.1) is 0 Å². The molecule has 2 aromatic rings. The highest BCUT2D eigenvalue weighted by Crippen LogP contribution is 2.30. The number of nitrogens with one attached hydrogen (secondary N) is 1. The number of rotatable bonds is 6. The molecule has 0 fully saturated rings. The molecule has 2 aromatic carbocycles. The number of halogens is 1. The zero-order valence-corrected chi connectivity index (χ0v) is 12.2. The first-order chi connectivity index (χ1) is 9.74. The molecule has 0 aromatic heterocycles. The summed E-state index contributed by atoms with van der Waals surface area (Å²) >= 11 is 6.23. The lowest BCUT2D eigenvalue weighted by molar-refractivity contribution is 0.281. The van der Waals surface area contributed by atoms with Gasteiger partial charge in [0.15, 0.2) is 0 Å². The molecule has 0 spiro atoms. The summed E-state index contributed by atoms with van der Waals surface area (Å²) in [5, 5.41) is 13.0. The van der Waals surface area contributed by atoms with Gasteiger partial charge in [-0.25, -0.2) is 0 Å². The van der Waals surface area contributed by atoms with Gasteiger partial charge in [-0.05, 0) is 36.4 Å². The van der Waals surface area contributed by atoms with Gasteiger partial charge in [0.1, 0.15) is 11.5 Å². The molecule has 0 amide bonds. The standard InChI is InChI=1S/C16H18ClNO2/c1-2-18-10-14-15(17)4-3-5-16(14)20-13-8-6-12(11-19)7-9-13/h3-9,18-19H,2,10-11H2,1H3. The van der Waals surface area contributed by atoms with Crippen molar-refractivity contribution in [3.8, 4) is 11.5 Å². The van der Waals surface area contributed by atoms with Crippen LogP contribution in [0.5, 0.6) is 11.5 Å². The van der Waals surface area contributed by atoms with Crippen LogP contribution in [0.15, 0.2) is 42.5 Å². The largest absolute Gasteiger partial charge is 0.457 e. The first-order valence-corrected chi connectivity index (χ1v) is 6.98. The topological polar surface area (TPSA) is 41.5 Å². The van der Waals surface area contributed by atoms with Crippen molar-refractivity contribution in [3.63, 3.8) is 0 Å². The number of aliphatic hydroxyl groups excluding tert-OH is 1. The summed E-state index contributed by atoms with van der Waals surface area (Å²) in [5.41, 5.74) is 1.80. The van der Waals surface area contributed by atoms with Crippen molar-refractivity contribution in [2.75, 3.05) is 6.54 Å². The lowest BCUT2D eigenvalue weighted by atomic mass is 10.2. The first-order valence-electron chi connectivity index (χ1n) is 6.60. The molecule has 106 valence electrons. The average Bonchev–Trinajstić information content (AvgIpc) is 2.47. The predicted molar refractivity (Wildman–Crippen MR) is 81.3 cm³/mol. The Morgan fingerprint density at radius 3 is 2.55 bits per heavy atom. The molecule has 0 atom stereocenters. The number of hydrogen-bond donors (Lipinski definition) is 2. The SMILES string of the molecule is CCNCc1c(Cl)cccc1Oc1ccc(CO)cc1. The zero-order chi connectivity index (χ0) is 14.4. The van der Waals surface area contributed by atoms with Gasteiger partial charge in [0.25, 0.3) is 0 Å². The maximum Gasteiger partial charge on any atom is 0.133 e. The molecule has 4 heteroatoms. The van der Waals surface area contributed by atoms with E-state index >= 15 is 0 Å². The zero-order valence-electron chi connectivity index (χ0n) is 11.4. The molecule has 3 nitrogen and oxygen atoms in total. The lowest BCUT2D eigenvalue weighted by Gasteiger charge is -2.13. The quantitative estimate of drug-likeness (QED) is 0.852. The lowest BCUT2D eigenvalue weighted by Crippen LogP contribution is -2.12. The van der Waals surface area contributed by atoms with Gasteiger partial charge >= 0.3 is 0 Å². The smallest absolute Gasteiger partial charge is 0.133 e. The first kappa shape index (κ1) is 14.9. The monoisotopic (exact) mass is 291 g/mol.